The van der Waals surface area contributed by atoms with Crippen LogP contribution in [-0.4, -0.2) is 10.4 Å². The van der Waals surface area contributed by atoms with Crippen LogP contribution < -0.4 is 0 Å². The zero-order chi connectivity index (χ0) is 15.7. The summed E-state index contributed by atoms with van der Waals surface area (Å²) < 4.78 is 1.93. The number of nitrogens with zero attached hydrogens (tertiary/aromatic N) is 2. The van der Waals surface area contributed by atoms with Gasteiger partial charge < -0.3 is 4.57 Å². The van der Waals surface area contributed by atoms with Crippen LogP contribution >= 0.6 is 0 Å². The molecule has 0 saturated carbocycles. The summed E-state index contributed by atoms with van der Waals surface area (Å²) in [7, 11) is 1.90. The highest BCUT2D eigenvalue weighted by atomic mass is 16.1. The second-order valence-corrected chi connectivity index (χ2v) is 5.43. The molecule has 2 aromatic carbocycles. The Morgan fingerprint density at radius 1 is 1.14 bits per heavy atom. The van der Waals surface area contributed by atoms with Gasteiger partial charge >= 0.3 is 0 Å². The van der Waals surface area contributed by atoms with Crippen molar-refractivity contribution < 1.29 is 4.79 Å². The molecule has 1 unspecified atom stereocenters. The lowest BCUT2D eigenvalue weighted by Gasteiger charge is -2.11. The Morgan fingerprint density at radius 3 is 2.50 bits per heavy atom. The SMILES string of the molecule is Cc1ccccc1C(=O)C(C#N)c1cc2ccccc2n1C. The largest absolute Gasteiger partial charge is 0.346 e. The van der Waals surface area contributed by atoms with Gasteiger partial charge in [-0.3, -0.25) is 4.79 Å². The molecule has 3 nitrogen and oxygen atoms in total. The van der Waals surface area contributed by atoms with E-state index in [1.54, 1.807) is 6.07 Å². The predicted molar refractivity (Wildman–Crippen MR) is 86.8 cm³/mol. The van der Waals surface area contributed by atoms with E-state index in [2.05, 4.69) is 6.07 Å². The van der Waals surface area contributed by atoms with Gasteiger partial charge in [0.15, 0.2) is 5.78 Å². The fraction of sp³-hybridized carbons (Fsp3) is 0.158. The Balaban J connectivity index is 2.11. The first-order chi connectivity index (χ1) is 10.6. The van der Waals surface area contributed by atoms with E-state index in [1.165, 1.54) is 0 Å². The molecule has 3 heteroatoms. The lowest BCUT2D eigenvalue weighted by atomic mass is 9.93. The average Bonchev–Trinajstić information content (AvgIpc) is 2.86. The van der Waals surface area contributed by atoms with Crippen LogP contribution in [0.15, 0.2) is 54.6 Å². The van der Waals surface area contributed by atoms with Crippen molar-refractivity contribution in [1.82, 2.24) is 4.57 Å². The molecule has 0 saturated heterocycles. The number of para-hydroxylation sites is 1. The van der Waals surface area contributed by atoms with E-state index in [9.17, 15) is 10.1 Å². The number of carbonyl (C=O) groups excluding carboxylic acids is 1. The Bertz CT molecular complexity index is 899. The van der Waals surface area contributed by atoms with Crippen molar-refractivity contribution in [3.05, 3.63) is 71.4 Å². The minimum absolute atomic E-state index is 0.147. The third-order valence-corrected chi connectivity index (χ3v) is 4.09. The number of nitriles is 1. The third-order valence-electron chi connectivity index (χ3n) is 4.09. The van der Waals surface area contributed by atoms with E-state index in [4.69, 9.17) is 0 Å². The van der Waals surface area contributed by atoms with E-state index >= 15 is 0 Å². The van der Waals surface area contributed by atoms with Crippen LogP contribution in [0.1, 0.15) is 27.5 Å². The number of Topliss-reactive ketones (excluding diaryl/α,β-unsaturated/α-hetero) is 1. The first-order valence-electron chi connectivity index (χ1n) is 7.17. The zero-order valence-electron chi connectivity index (χ0n) is 12.6. The maximum Gasteiger partial charge on any atom is 0.186 e. The van der Waals surface area contributed by atoms with Crippen molar-refractivity contribution in [2.45, 2.75) is 12.8 Å². The summed E-state index contributed by atoms with van der Waals surface area (Å²) in [6.07, 6.45) is 0. The number of carbonyl (C=O) groups is 1. The molecule has 0 bridgehead atoms. The van der Waals surface area contributed by atoms with Gasteiger partial charge in [-0.2, -0.15) is 5.26 Å². The van der Waals surface area contributed by atoms with Crippen molar-refractivity contribution in [2.75, 3.05) is 0 Å². The summed E-state index contributed by atoms with van der Waals surface area (Å²) in [5, 5.41) is 10.6. The fourth-order valence-electron chi connectivity index (χ4n) is 2.85. The molecule has 1 heterocycles. The van der Waals surface area contributed by atoms with Crippen LogP contribution in [0.2, 0.25) is 0 Å². The second-order valence-electron chi connectivity index (χ2n) is 5.43. The molecule has 0 aliphatic rings. The van der Waals surface area contributed by atoms with Crippen LogP contribution in [0.3, 0.4) is 0 Å². The molecular weight excluding hydrogens is 272 g/mol. The zero-order valence-corrected chi connectivity index (χ0v) is 12.6. The van der Waals surface area contributed by atoms with Crippen molar-refractivity contribution in [2.24, 2.45) is 7.05 Å². The molecular formula is C19H16N2O. The Hall–Kier alpha value is -2.86. The molecule has 0 aliphatic carbocycles. The Morgan fingerprint density at radius 2 is 1.82 bits per heavy atom. The maximum absolute atomic E-state index is 12.8. The van der Waals surface area contributed by atoms with Gasteiger partial charge in [0.25, 0.3) is 0 Å². The third kappa shape index (κ3) is 2.19. The van der Waals surface area contributed by atoms with Crippen molar-refractivity contribution >= 4 is 16.7 Å². The average molecular weight is 288 g/mol. The second kappa shape index (κ2) is 5.50. The van der Waals surface area contributed by atoms with Crippen LogP contribution in [0.4, 0.5) is 0 Å². The molecule has 22 heavy (non-hydrogen) atoms. The van der Waals surface area contributed by atoms with Gasteiger partial charge in [-0.15, -0.1) is 0 Å². The normalized spacial score (nSPS) is 12.0. The summed E-state index contributed by atoms with van der Waals surface area (Å²) in [6.45, 7) is 1.89. The van der Waals surface area contributed by atoms with Crippen LogP contribution in [0.5, 0.6) is 0 Å². The number of ketones is 1. The topological polar surface area (TPSA) is 45.8 Å². The van der Waals surface area contributed by atoms with E-state index in [1.807, 2.05) is 67.1 Å². The smallest absolute Gasteiger partial charge is 0.186 e. The molecule has 1 aromatic heterocycles. The first-order valence-corrected chi connectivity index (χ1v) is 7.17. The van der Waals surface area contributed by atoms with Gasteiger partial charge in [-0.25, -0.2) is 0 Å². The quantitative estimate of drug-likeness (QED) is 0.684. The molecule has 1 atom stereocenters. The molecule has 3 rings (SSSR count). The van der Waals surface area contributed by atoms with Crippen molar-refractivity contribution in [3.63, 3.8) is 0 Å². The van der Waals surface area contributed by atoms with E-state index in [0.29, 0.717) is 5.56 Å². The molecule has 0 N–H and O–H groups in total. The standard InChI is InChI=1S/C19H16N2O/c1-13-7-3-5-9-15(13)19(22)16(12-20)18-11-14-8-4-6-10-17(14)21(18)2/h3-11,16H,1-2H3. The summed E-state index contributed by atoms with van der Waals surface area (Å²) in [5.41, 5.74) is 3.26. The van der Waals surface area contributed by atoms with Gasteiger partial charge in [0, 0.05) is 23.8 Å². The number of hydrogen-bond donors (Lipinski definition) is 0. The lowest BCUT2D eigenvalue weighted by molar-refractivity contribution is 0.0976. The summed E-state index contributed by atoms with van der Waals surface area (Å²) in [4.78, 5) is 12.8. The predicted octanol–water partition coefficient (Wildman–Crippen LogP) is 3.98. The highest BCUT2D eigenvalue weighted by Gasteiger charge is 2.26. The summed E-state index contributed by atoms with van der Waals surface area (Å²) in [6, 6.07) is 19.4. The van der Waals surface area contributed by atoms with E-state index in [-0.39, 0.29) is 5.78 Å². The Labute approximate surface area is 129 Å². The van der Waals surface area contributed by atoms with Gasteiger partial charge in [0.05, 0.1) is 6.07 Å². The van der Waals surface area contributed by atoms with Crippen molar-refractivity contribution in [3.8, 4) is 6.07 Å². The highest BCUT2D eigenvalue weighted by Crippen LogP contribution is 2.27. The van der Waals surface area contributed by atoms with Gasteiger partial charge in [0.1, 0.15) is 5.92 Å². The monoisotopic (exact) mass is 288 g/mol. The fourth-order valence-corrected chi connectivity index (χ4v) is 2.85. The number of hydrogen-bond acceptors (Lipinski definition) is 2. The lowest BCUT2D eigenvalue weighted by Crippen LogP contribution is -2.15. The number of aryl methyl sites for hydroxylation is 2. The minimum Gasteiger partial charge on any atom is -0.346 e. The molecule has 0 amide bonds. The van der Waals surface area contributed by atoms with Crippen LogP contribution in [-0.2, 0) is 7.05 Å². The Kier molecular flexibility index (Phi) is 3.52. The van der Waals surface area contributed by atoms with E-state index in [0.717, 1.165) is 22.2 Å². The molecule has 0 spiro atoms. The minimum atomic E-state index is -0.793. The number of rotatable bonds is 3. The number of aromatic nitrogens is 1. The van der Waals surface area contributed by atoms with Crippen molar-refractivity contribution in [1.29, 1.82) is 5.26 Å². The first kappa shape index (κ1) is 14.1. The summed E-state index contributed by atoms with van der Waals surface area (Å²) in [5.74, 6) is -0.940. The molecule has 0 radical (unpaired) electrons. The molecule has 0 fully saturated rings. The van der Waals surface area contributed by atoms with E-state index < -0.39 is 5.92 Å². The molecule has 3 aromatic rings. The highest BCUT2D eigenvalue weighted by molar-refractivity contribution is 6.04. The van der Waals surface area contributed by atoms with Crippen LogP contribution in [0, 0.1) is 18.3 Å². The van der Waals surface area contributed by atoms with Gasteiger partial charge in [0.2, 0.25) is 0 Å². The van der Waals surface area contributed by atoms with Gasteiger partial charge in [-0.1, -0.05) is 42.5 Å². The molecule has 0 aliphatic heterocycles. The molecule has 108 valence electrons. The van der Waals surface area contributed by atoms with Gasteiger partial charge in [-0.05, 0) is 30.0 Å². The maximum atomic E-state index is 12.8. The number of fused-ring (bicyclic) bond motifs is 1. The summed E-state index contributed by atoms with van der Waals surface area (Å²) >= 11 is 0. The number of benzene rings is 2. The van der Waals surface area contributed by atoms with Crippen LogP contribution in [0.25, 0.3) is 10.9 Å².